The van der Waals surface area contributed by atoms with Gasteiger partial charge < -0.3 is 15.4 Å². The van der Waals surface area contributed by atoms with Gasteiger partial charge in [-0.3, -0.25) is 19.7 Å². The van der Waals surface area contributed by atoms with Crippen LogP contribution in [0.4, 0.5) is 17.1 Å². The Morgan fingerprint density at radius 3 is 2.16 bits per heavy atom. The number of carbonyl (C=O) groups is 3. The van der Waals surface area contributed by atoms with E-state index < -0.39 is 22.7 Å². The molecule has 2 amide bonds. The largest absolute Gasteiger partial charge is 0.465 e. The Kier molecular flexibility index (Phi) is 5.41. The Bertz CT molecular complexity index is 832. The molecule has 0 unspecified atom stereocenters. The normalized spacial score (nSPS) is 9.80. The van der Waals surface area contributed by atoms with Gasteiger partial charge in [-0.15, -0.1) is 0 Å². The Labute approximate surface area is 141 Å². The summed E-state index contributed by atoms with van der Waals surface area (Å²) < 4.78 is 4.55. The number of hydrogen-bond donors (Lipinski definition) is 2. The number of esters is 1. The number of benzene rings is 2. The van der Waals surface area contributed by atoms with E-state index in [4.69, 9.17) is 0 Å². The van der Waals surface area contributed by atoms with Gasteiger partial charge in [-0.1, -0.05) is 12.1 Å². The molecule has 0 saturated carbocycles. The van der Waals surface area contributed by atoms with Crippen molar-refractivity contribution in [3.63, 3.8) is 0 Å². The third-order valence-electron chi connectivity index (χ3n) is 3.12. The molecule has 2 rings (SSSR count). The summed E-state index contributed by atoms with van der Waals surface area (Å²) in [7, 11) is 1.24. The van der Waals surface area contributed by atoms with Crippen LogP contribution in [0.25, 0.3) is 0 Å². The summed E-state index contributed by atoms with van der Waals surface area (Å²) in [5.41, 5.74) is 0.139. The Morgan fingerprint density at radius 1 is 0.960 bits per heavy atom. The molecule has 0 aromatic heterocycles. The molecule has 25 heavy (non-hydrogen) atoms. The predicted octanol–water partition coefficient (Wildman–Crippen LogP) is 1.96. The zero-order chi connectivity index (χ0) is 18.4. The highest BCUT2D eigenvalue weighted by atomic mass is 16.6. The van der Waals surface area contributed by atoms with Crippen molar-refractivity contribution in [3.8, 4) is 0 Å². The van der Waals surface area contributed by atoms with Gasteiger partial charge in [0.2, 0.25) is 0 Å². The maximum Gasteiger partial charge on any atom is 0.337 e. The van der Waals surface area contributed by atoms with E-state index in [-0.39, 0.29) is 22.6 Å². The number of methoxy groups -OCH3 is 1. The minimum Gasteiger partial charge on any atom is -0.465 e. The maximum atomic E-state index is 11.9. The van der Waals surface area contributed by atoms with Gasteiger partial charge in [-0.25, -0.2) is 4.79 Å². The first-order valence-electron chi connectivity index (χ1n) is 6.96. The first-order valence-corrected chi connectivity index (χ1v) is 6.96. The number of para-hydroxylation sites is 2. The molecule has 0 aliphatic rings. The van der Waals surface area contributed by atoms with Crippen molar-refractivity contribution in [2.75, 3.05) is 17.7 Å². The topological polar surface area (TPSA) is 128 Å². The summed E-state index contributed by atoms with van der Waals surface area (Å²) in [4.78, 5) is 45.3. The molecule has 0 atom stereocenters. The van der Waals surface area contributed by atoms with Crippen molar-refractivity contribution in [1.29, 1.82) is 0 Å². The van der Waals surface area contributed by atoms with Gasteiger partial charge in [0, 0.05) is 11.8 Å². The van der Waals surface area contributed by atoms with Crippen molar-refractivity contribution >= 4 is 34.8 Å². The molecule has 0 aliphatic heterocycles. The minimum atomic E-state index is -1.06. The molecule has 0 aliphatic carbocycles. The molecule has 128 valence electrons. The lowest BCUT2D eigenvalue weighted by molar-refractivity contribution is -0.383. The van der Waals surface area contributed by atoms with Crippen LogP contribution in [0.15, 0.2) is 48.5 Å². The van der Waals surface area contributed by atoms with E-state index in [9.17, 15) is 24.5 Å². The Balaban J connectivity index is 2.05. The minimum absolute atomic E-state index is 0.0892. The molecule has 0 fully saturated rings. The number of nitrogens with zero attached hydrogens (tertiary/aromatic N) is 1. The maximum absolute atomic E-state index is 11.9. The SMILES string of the molecule is COC(=O)c1ccc(NC(=O)C(=O)Nc2ccccc2[N+](=O)[O-])cc1. The van der Waals surface area contributed by atoms with Crippen LogP contribution in [0, 0.1) is 10.1 Å². The van der Waals surface area contributed by atoms with Crippen LogP contribution in [-0.4, -0.2) is 29.8 Å². The van der Waals surface area contributed by atoms with Crippen molar-refractivity contribution in [3.05, 3.63) is 64.2 Å². The van der Waals surface area contributed by atoms with Crippen molar-refractivity contribution < 1.29 is 24.0 Å². The quantitative estimate of drug-likeness (QED) is 0.378. The smallest absolute Gasteiger partial charge is 0.337 e. The number of nitro benzene ring substituents is 1. The summed E-state index contributed by atoms with van der Waals surface area (Å²) >= 11 is 0. The third kappa shape index (κ3) is 4.38. The van der Waals surface area contributed by atoms with Gasteiger partial charge in [0.1, 0.15) is 5.69 Å². The predicted molar refractivity (Wildman–Crippen MR) is 88.1 cm³/mol. The van der Waals surface area contributed by atoms with Crippen LogP contribution >= 0.6 is 0 Å². The molecule has 0 saturated heterocycles. The Hall–Kier alpha value is -3.75. The number of amides is 2. The van der Waals surface area contributed by atoms with E-state index in [1.54, 1.807) is 0 Å². The zero-order valence-corrected chi connectivity index (χ0v) is 13.0. The van der Waals surface area contributed by atoms with Gasteiger partial charge in [0.05, 0.1) is 17.6 Å². The van der Waals surface area contributed by atoms with E-state index in [2.05, 4.69) is 15.4 Å². The van der Waals surface area contributed by atoms with Crippen LogP contribution in [0.1, 0.15) is 10.4 Å². The second-order valence-corrected chi connectivity index (χ2v) is 4.75. The molecule has 0 bridgehead atoms. The van der Waals surface area contributed by atoms with E-state index in [0.717, 1.165) is 0 Å². The number of ether oxygens (including phenoxy) is 1. The van der Waals surface area contributed by atoms with E-state index in [0.29, 0.717) is 0 Å². The highest BCUT2D eigenvalue weighted by Crippen LogP contribution is 2.23. The fourth-order valence-electron chi connectivity index (χ4n) is 1.91. The standard InChI is InChI=1S/C16H13N3O6/c1-25-16(22)10-6-8-11(9-7-10)17-14(20)15(21)18-12-4-2-3-5-13(12)19(23)24/h2-9H,1H3,(H,17,20)(H,18,21). The Morgan fingerprint density at radius 2 is 1.56 bits per heavy atom. The summed E-state index contributed by atoms with van der Waals surface area (Å²) in [5, 5.41) is 15.4. The van der Waals surface area contributed by atoms with Crippen LogP contribution < -0.4 is 10.6 Å². The summed E-state index contributed by atoms with van der Waals surface area (Å²) in [6.07, 6.45) is 0. The van der Waals surface area contributed by atoms with Gasteiger partial charge in [-0.2, -0.15) is 0 Å². The number of rotatable bonds is 4. The molecular weight excluding hydrogens is 330 g/mol. The lowest BCUT2D eigenvalue weighted by Gasteiger charge is -2.07. The van der Waals surface area contributed by atoms with E-state index >= 15 is 0 Å². The number of carbonyl (C=O) groups excluding carboxylic acids is 3. The molecule has 2 aromatic rings. The molecule has 0 radical (unpaired) electrons. The summed E-state index contributed by atoms with van der Waals surface area (Å²) in [6, 6.07) is 11.1. The molecule has 9 nitrogen and oxygen atoms in total. The fraction of sp³-hybridized carbons (Fsp3) is 0.0625. The van der Waals surface area contributed by atoms with E-state index in [1.165, 1.54) is 55.6 Å². The van der Waals surface area contributed by atoms with Crippen LogP contribution in [0.2, 0.25) is 0 Å². The van der Waals surface area contributed by atoms with Gasteiger partial charge >= 0.3 is 17.8 Å². The first kappa shape index (κ1) is 17.6. The van der Waals surface area contributed by atoms with Gasteiger partial charge in [-0.05, 0) is 30.3 Å². The van der Waals surface area contributed by atoms with Crippen molar-refractivity contribution in [2.45, 2.75) is 0 Å². The number of nitrogens with one attached hydrogen (secondary N) is 2. The number of nitro groups is 1. The average molecular weight is 343 g/mol. The van der Waals surface area contributed by atoms with Gasteiger partial charge in [0.15, 0.2) is 0 Å². The van der Waals surface area contributed by atoms with Crippen molar-refractivity contribution in [2.24, 2.45) is 0 Å². The molecular formula is C16H13N3O6. The van der Waals surface area contributed by atoms with Crippen LogP contribution in [0.3, 0.4) is 0 Å². The van der Waals surface area contributed by atoms with Crippen molar-refractivity contribution in [1.82, 2.24) is 0 Å². The highest BCUT2D eigenvalue weighted by Gasteiger charge is 2.19. The lowest BCUT2D eigenvalue weighted by Crippen LogP contribution is -2.29. The number of hydrogen-bond acceptors (Lipinski definition) is 6. The lowest BCUT2D eigenvalue weighted by atomic mass is 10.2. The monoisotopic (exact) mass is 343 g/mol. The average Bonchev–Trinajstić information content (AvgIpc) is 2.61. The molecule has 0 heterocycles. The fourth-order valence-corrected chi connectivity index (χ4v) is 1.91. The zero-order valence-electron chi connectivity index (χ0n) is 13.0. The second kappa shape index (κ2) is 7.68. The molecule has 2 aromatic carbocycles. The third-order valence-corrected chi connectivity index (χ3v) is 3.12. The molecule has 2 N–H and O–H groups in total. The van der Waals surface area contributed by atoms with Crippen LogP contribution in [0.5, 0.6) is 0 Å². The second-order valence-electron chi connectivity index (χ2n) is 4.75. The highest BCUT2D eigenvalue weighted by molar-refractivity contribution is 6.43. The number of anilines is 2. The van der Waals surface area contributed by atoms with Gasteiger partial charge in [0.25, 0.3) is 5.69 Å². The first-order chi connectivity index (χ1) is 11.9. The van der Waals surface area contributed by atoms with Crippen LogP contribution in [-0.2, 0) is 14.3 Å². The summed E-state index contributed by atoms with van der Waals surface area (Å²) in [5.74, 6) is -2.61. The summed E-state index contributed by atoms with van der Waals surface area (Å²) in [6.45, 7) is 0. The molecule has 0 spiro atoms. The van der Waals surface area contributed by atoms with E-state index in [1.807, 2.05) is 0 Å². The molecule has 9 heteroatoms.